The molecule has 1 fully saturated rings. The first-order valence-corrected chi connectivity index (χ1v) is 4.72. The molecule has 0 aromatic carbocycles. The summed E-state index contributed by atoms with van der Waals surface area (Å²) >= 11 is 0. The van der Waals surface area contributed by atoms with Crippen molar-refractivity contribution in [3.8, 4) is 0 Å². The van der Waals surface area contributed by atoms with Crippen molar-refractivity contribution >= 4 is 0 Å². The molecule has 5 nitrogen and oxygen atoms in total. The second-order valence-corrected chi connectivity index (χ2v) is 4.00. The highest BCUT2D eigenvalue weighted by molar-refractivity contribution is 4.93. The lowest BCUT2D eigenvalue weighted by atomic mass is 9.82. The summed E-state index contributed by atoms with van der Waals surface area (Å²) < 4.78 is 1.88. The highest BCUT2D eigenvalue weighted by Gasteiger charge is 2.30. The third-order valence-corrected chi connectivity index (χ3v) is 2.62. The van der Waals surface area contributed by atoms with Crippen molar-refractivity contribution in [2.75, 3.05) is 0 Å². The zero-order chi connectivity index (χ0) is 9.42. The molecule has 1 aromatic heterocycles. The van der Waals surface area contributed by atoms with Crippen molar-refractivity contribution in [2.45, 2.75) is 38.8 Å². The maximum absolute atomic E-state index is 5.75. The largest absolute Gasteiger partial charge is 0.322 e. The summed E-state index contributed by atoms with van der Waals surface area (Å²) in [4.78, 5) is 0. The number of nitrogens with two attached hydrogens (primary N) is 1. The van der Waals surface area contributed by atoms with Crippen molar-refractivity contribution in [1.29, 1.82) is 0 Å². The van der Waals surface area contributed by atoms with Gasteiger partial charge in [0.05, 0.1) is 12.1 Å². The third kappa shape index (κ3) is 1.44. The van der Waals surface area contributed by atoms with Crippen LogP contribution in [0.15, 0.2) is 0 Å². The first kappa shape index (κ1) is 8.62. The van der Waals surface area contributed by atoms with Gasteiger partial charge in [0, 0.05) is 0 Å². The zero-order valence-corrected chi connectivity index (χ0v) is 8.01. The van der Waals surface area contributed by atoms with Gasteiger partial charge in [-0.15, -0.1) is 5.10 Å². The van der Waals surface area contributed by atoms with Gasteiger partial charge in [0.15, 0.2) is 5.82 Å². The maximum atomic E-state index is 5.75. The Hall–Kier alpha value is -0.970. The molecule has 72 valence electrons. The molecule has 1 atom stereocenters. The van der Waals surface area contributed by atoms with Gasteiger partial charge < -0.3 is 5.73 Å². The van der Waals surface area contributed by atoms with Crippen LogP contribution in [-0.4, -0.2) is 20.2 Å². The van der Waals surface area contributed by atoms with Crippen LogP contribution in [0.1, 0.15) is 44.6 Å². The number of tetrazole rings is 1. The monoisotopic (exact) mass is 181 g/mol. The number of rotatable bonds is 2. The molecular formula is C8H15N5. The maximum Gasteiger partial charge on any atom is 0.167 e. The van der Waals surface area contributed by atoms with Crippen LogP contribution in [0.5, 0.6) is 0 Å². The van der Waals surface area contributed by atoms with E-state index in [1.165, 1.54) is 12.8 Å². The van der Waals surface area contributed by atoms with Crippen LogP contribution >= 0.6 is 0 Å². The van der Waals surface area contributed by atoms with Gasteiger partial charge in [-0.2, -0.15) is 0 Å². The molecule has 1 aliphatic rings. The van der Waals surface area contributed by atoms with Crippen molar-refractivity contribution in [1.82, 2.24) is 20.2 Å². The summed E-state index contributed by atoms with van der Waals surface area (Å²) in [6.07, 6.45) is 2.34. The standard InChI is InChI=1S/C8H15N5/c1-5-3-7(4-5)13-8(6(2)9)10-11-12-13/h5-7H,3-4,9H2,1-2H3. The molecule has 1 unspecified atom stereocenters. The van der Waals surface area contributed by atoms with Gasteiger partial charge >= 0.3 is 0 Å². The lowest BCUT2D eigenvalue weighted by molar-refractivity contribution is 0.191. The van der Waals surface area contributed by atoms with E-state index in [1.54, 1.807) is 0 Å². The summed E-state index contributed by atoms with van der Waals surface area (Å²) in [7, 11) is 0. The van der Waals surface area contributed by atoms with Gasteiger partial charge in [0.1, 0.15) is 0 Å². The lowest BCUT2D eigenvalue weighted by Gasteiger charge is -2.33. The van der Waals surface area contributed by atoms with E-state index in [2.05, 4.69) is 22.4 Å². The van der Waals surface area contributed by atoms with E-state index < -0.39 is 0 Å². The van der Waals surface area contributed by atoms with Gasteiger partial charge in [-0.05, 0) is 36.1 Å². The fraction of sp³-hybridized carbons (Fsp3) is 0.875. The first-order valence-electron chi connectivity index (χ1n) is 4.72. The molecule has 0 amide bonds. The summed E-state index contributed by atoms with van der Waals surface area (Å²) in [6.45, 7) is 4.15. The molecule has 1 heterocycles. The third-order valence-electron chi connectivity index (χ3n) is 2.62. The van der Waals surface area contributed by atoms with Crippen molar-refractivity contribution in [3.63, 3.8) is 0 Å². The van der Waals surface area contributed by atoms with E-state index in [4.69, 9.17) is 5.73 Å². The molecule has 13 heavy (non-hydrogen) atoms. The number of nitrogens with zero attached hydrogens (tertiary/aromatic N) is 4. The Kier molecular flexibility index (Phi) is 2.03. The normalized spacial score (nSPS) is 29.8. The van der Waals surface area contributed by atoms with Crippen molar-refractivity contribution < 1.29 is 0 Å². The van der Waals surface area contributed by atoms with Gasteiger partial charge in [0.2, 0.25) is 0 Å². The number of aromatic nitrogens is 4. The summed E-state index contributed by atoms with van der Waals surface area (Å²) in [5, 5.41) is 11.5. The average Bonchev–Trinajstić information content (AvgIpc) is 2.45. The number of hydrogen-bond acceptors (Lipinski definition) is 4. The van der Waals surface area contributed by atoms with Gasteiger partial charge in [-0.3, -0.25) is 0 Å². The highest BCUT2D eigenvalue weighted by atomic mass is 15.6. The molecule has 0 radical (unpaired) electrons. The second kappa shape index (κ2) is 3.06. The molecule has 1 saturated carbocycles. The summed E-state index contributed by atoms with van der Waals surface area (Å²) in [5.74, 6) is 1.60. The topological polar surface area (TPSA) is 69.6 Å². The zero-order valence-electron chi connectivity index (χ0n) is 8.01. The SMILES string of the molecule is CC1CC(n2nnnc2C(C)N)C1. The van der Waals surface area contributed by atoms with Crippen LogP contribution in [0.3, 0.4) is 0 Å². The van der Waals surface area contributed by atoms with Gasteiger partial charge in [0.25, 0.3) is 0 Å². The lowest BCUT2D eigenvalue weighted by Crippen LogP contribution is -2.28. The predicted octanol–water partition coefficient (Wildman–Crippen LogP) is 0.664. The van der Waals surface area contributed by atoms with Crippen LogP contribution < -0.4 is 5.73 Å². The first-order chi connectivity index (χ1) is 6.18. The van der Waals surface area contributed by atoms with Gasteiger partial charge in [-0.1, -0.05) is 6.92 Å². The van der Waals surface area contributed by atoms with Crippen LogP contribution in [0.25, 0.3) is 0 Å². The number of hydrogen-bond donors (Lipinski definition) is 1. The Morgan fingerprint density at radius 3 is 2.77 bits per heavy atom. The Balaban J connectivity index is 2.16. The predicted molar refractivity (Wildman–Crippen MR) is 47.9 cm³/mol. The van der Waals surface area contributed by atoms with E-state index in [9.17, 15) is 0 Å². The molecule has 2 N–H and O–H groups in total. The quantitative estimate of drug-likeness (QED) is 0.727. The van der Waals surface area contributed by atoms with Crippen LogP contribution in [-0.2, 0) is 0 Å². The molecular weight excluding hydrogens is 166 g/mol. The fourth-order valence-corrected chi connectivity index (χ4v) is 1.82. The molecule has 2 rings (SSSR count). The second-order valence-electron chi connectivity index (χ2n) is 4.00. The van der Waals surface area contributed by atoms with E-state index in [0.717, 1.165) is 11.7 Å². The molecule has 0 saturated heterocycles. The summed E-state index contributed by atoms with van der Waals surface area (Å²) in [6, 6.07) is 0.400. The molecule has 0 aliphatic heterocycles. The van der Waals surface area contributed by atoms with Crippen molar-refractivity contribution in [3.05, 3.63) is 5.82 Å². The van der Waals surface area contributed by atoms with E-state index in [1.807, 2.05) is 11.6 Å². The Morgan fingerprint density at radius 1 is 1.54 bits per heavy atom. The minimum Gasteiger partial charge on any atom is -0.322 e. The minimum absolute atomic E-state index is 0.0779. The van der Waals surface area contributed by atoms with E-state index in [0.29, 0.717) is 6.04 Å². The van der Waals surface area contributed by atoms with Crippen molar-refractivity contribution in [2.24, 2.45) is 11.7 Å². The molecule has 0 bridgehead atoms. The van der Waals surface area contributed by atoms with Crippen LogP contribution in [0, 0.1) is 5.92 Å². The molecule has 0 spiro atoms. The van der Waals surface area contributed by atoms with E-state index >= 15 is 0 Å². The van der Waals surface area contributed by atoms with Gasteiger partial charge in [-0.25, -0.2) is 4.68 Å². The molecule has 1 aromatic rings. The van der Waals surface area contributed by atoms with Crippen LogP contribution in [0.2, 0.25) is 0 Å². The highest BCUT2D eigenvalue weighted by Crippen LogP contribution is 2.37. The Morgan fingerprint density at radius 2 is 2.23 bits per heavy atom. The molecule has 5 heteroatoms. The molecule has 1 aliphatic carbocycles. The van der Waals surface area contributed by atoms with Crippen LogP contribution in [0.4, 0.5) is 0 Å². The average molecular weight is 181 g/mol. The minimum atomic E-state index is -0.0779. The fourth-order valence-electron chi connectivity index (χ4n) is 1.82. The Bertz CT molecular complexity index is 286. The van der Waals surface area contributed by atoms with E-state index in [-0.39, 0.29) is 6.04 Å². The Labute approximate surface area is 77.3 Å². The smallest absolute Gasteiger partial charge is 0.167 e. The summed E-state index contributed by atoms with van der Waals surface area (Å²) in [5.41, 5.74) is 5.75.